The first kappa shape index (κ1) is 16.4. The summed E-state index contributed by atoms with van der Waals surface area (Å²) in [5.41, 5.74) is 1.07. The lowest BCUT2D eigenvalue weighted by Gasteiger charge is -1.98. The van der Waals surface area contributed by atoms with Gasteiger partial charge in [0.25, 0.3) is 11.6 Å². The molecule has 2 aromatic carbocycles. The molecule has 1 heterocycles. The number of para-hydroxylation sites is 1. The van der Waals surface area contributed by atoms with E-state index in [2.05, 4.69) is 4.99 Å². The maximum atomic E-state index is 12.1. The van der Waals surface area contributed by atoms with Crippen LogP contribution in [0.4, 0.5) is 5.69 Å². The Hall–Kier alpha value is -2.45. The van der Waals surface area contributed by atoms with Crippen molar-refractivity contribution in [3.63, 3.8) is 0 Å². The predicted molar refractivity (Wildman–Crippen MR) is 95.2 cm³/mol. The number of nitro benzene ring substituents is 1. The molecule has 0 unspecified atom stereocenters. The van der Waals surface area contributed by atoms with Crippen molar-refractivity contribution < 1.29 is 9.72 Å². The largest absolute Gasteiger partial charge is 0.319 e. The first-order chi connectivity index (χ1) is 11.5. The molecule has 0 radical (unpaired) electrons. The predicted octanol–water partition coefficient (Wildman–Crippen LogP) is 3.37. The molecule has 0 fully saturated rings. The second kappa shape index (κ2) is 6.98. The summed E-state index contributed by atoms with van der Waals surface area (Å²) in [5.74, 6) is -0.0491. The Labute approximate surface area is 145 Å². The number of nitrogens with zero attached hydrogens (tertiary/aromatic N) is 3. The number of hydrogen-bond donors (Lipinski definition) is 0. The molecule has 6 nitrogen and oxygen atoms in total. The molecule has 1 amide bonds. The van der Waals surface area contributed by atoms with Crippen LogP contribution in [0.5, 0.6) is 0 Å². The molecule has 0 bridgehead atoms. The number of fused-ring (bicyclic) bond motifs is 1. The van der Waals surface area contributed by atoms with Crippen LogP contribution in [0.2, 0.25) is 0 Å². The van der Waals surface area contributed by atoms with E-state index in [0.717, 1.165) is 15.1 Å². The Morgan fingerprint density at radius 2 is 1.96 bits per heavy atom. The van der Waals surface area contributed by atoms with E-state index in [0.29, 0.717) is 4.80 Å². The van der Waals surface area contributed by atoms with Crippen molar-refractivity contribution in [3.05, 3.63) is 63.4 Å². The SMILES string of the molecule is Cn1c(=NC(=O)CSc2ccc([N+](=O)[O-])cc2)sc2ccccc21. The van der Waals surface area contributed by atoms with Crippen LogP contribution in [0.25, 0.3) is 10.2 Å². The van der Waals surface area contributed by atoms with Crippen LogP contribution >= 0.6 is 23.1 Å². The zero-order valence-corrected chi connectivity index (χ0v) is 14.3. The Morgan fingerprint density at radius 3 is 2.62 bits per heavy atom. The van der Waals surface area contributed by atoms with Gasteiger partial charge in [-0.3, -0.25) is 14.9 Å². The highest BCUT2D eigenvalue weighted by molar-refractivity contribution is 8.00. The number of carbonyl (C=O) groups is 1. The van der Waals surface area contributed by atoms with Gasteiger partial charge in [-0.25, -0.2) is 0 Å². The minimum atomic E-state index is -0.448. The first-order valence-electron chi connectivity index (χ1n) is 7.04. The fraction of sp³-hybridized carbons (Fsp3) is 0.125. The number of amides is 1. The number of non-ortho nitro benzene ring substituents is 1. The second-order valence-corrected chi connectivity index (χ2v) is 7.01. The maximum Gasteiger partial charge on any atom is 0.269 e. The summed E-state index contributed by atoms with van der Waals surface area (Å²) in [6, 6.07) is 14.0. The Bertz CT molecular complexity index is 974. The zero-order chi connectivity index (χ0) is 17.1. The number of hydrogen-bond acceptors (Lipinski definition) is 5. The lowest BCUT2D eigenvalue weighted by atomic mass is 10.3. The van der Waals surface area contributed by atoms with E-state index in [1.165, 1.54) is 35.2 Å². The Balaban J connectivity index is 1.72. The van der Waals surface area contributed by atoms with Crippen LogP contribution in [0.3, 0.4) is 0 Å². The van der Waals surface area contributed by atoms with Gasteiger partial charge < -0.3 is 4.57 Å². The molecular weight excluding hydrogens is 346 g/mol. The van der Waals surface area contributed by atoms with Gasteiger partial charge in [-0.05, 0) is 24.3 Å². The summed E-state index contributed by atoms with van der Waals surface area (Å²) in [5, 5.41) is 10.6. The molecule has 3 aromatic rings. The summed E-state index contributed by atoms with van der Waals surface area (Å²) in [6.07, 6.45) is 0. The van der Waals surface area contributed by atoms with Crippen molar-refractivity contribution in [3.8, 4) is 0 Å². The Kier molecular flexibility index (Phi) is 4.77. The standard InChI is InChI=1S/C16H13N3O3S2/c1-18-13-4-2-3-5-14(13)24-16(18)17-15(20)10-23-12-8-6-11(7-9-12)19(21)22/h2-9H,10H2,1H3. The van der Waals surface area contributed by atoms with Crippen LogP contribution in [-0.2, 0) is 11.8 Å². The number of thioether (sulfide) groups is 1. The van der Waals surface area contributed by atoms with Gasteiger partial charge in [0.2, 0.25) is 0 Å². The van der Waals surface area contributed by atoms with Crippen molar-refractivity contribution in [2.24, 2.45) is 12.0 Å². The van der Waals surface area contributed by atoms with E-state index in [1.54, 1.807) is 12.1 Å². The molecule has 24 heavy (non-hydrogen) atoms. The van der Waals surface area contributed by atoms with Crippen molar-refractivity contribution in [1.29, 1.82) is 0 Å². The molecule has 0 aliphatic heterocycles. The number of benzene rings is 2. The topological polar surface area (TPSA) is 77.5 Å². The van der Waals surface area contributed by atoms with Gasteiger partial charge in [0, 0.05) is 24.1 Å². The van der Waals surface area contributed by atoms with Gasteiger partial charge in [0.1, 0.15) is 0 Å². The Morgan fingerprint density at radius 1 is 1.25 bits per heavy atom. The molecule has 8 heteroatoms. The van der Waals surface area contributed by atoms with Crippen molar-refractivity contribution >= 4 is 44.9 Å². The summed E-state index contributed by atoms with van der Waals surface area (Å²) in [4.78, 5) is 27.9. The van der Waals surface area contributed by atoms with Gasteiger partial charge in [-0.1, -0.05) is 23.5 Å². The quantitative estimate of drug-likeness (QED) is 0.406. The number of aromatic nitrogens is 1. The highest BCUT2D eigenvalue weighted by Crippen LogP contribution is 2.21. The van der Waals surface area contributed by atoms with Gasteiger partial charge >= 0.3 is 0 Å². The lowest BCUT2D eigenvalue weighted by Crippen LogP contribution is -2.14. The first-order valence-corrected chi connectivity index (χ1v) is 8.84. The summed E-state index contributed by atoms with van der Waals surface area (Å²) in [6.45, 7) is 0. The fourth-order valence-electron chi connectivity index (χ4n) is 2.14. The number of aryl methyl sites for hydroxylation is 1. The minimum absolute atomic E-state index is 0.0349. The number of thiazole rings is 1. The van der Waals surface area contributed by atoms with Crippen LogP contribution in [0.15, 0.2) is 58.4 Å². The maximum absolute atomic E-state index is 12.1. The van der Waals surface area contributed by atoms with Gasteiger partial charge in [-0.2, -0.15) is 4.99 Å². The zero-order valence-electron chi connectivity index (χ0n) is 12.7. The van der Waals surface area contributed by atoms with E-state index in [1.807, 2.05) is 35.9 Å². The summed E-state index contributed by atoms with van der Waals surface area (Å²) >= 11 is 2.78. The van der Waals surface area contributed by atoms with E-state index >= 15 is 0 Å². The van der Waals surface area contributed by atoms with Gasteiger partial charge in [-0.15, -0.1) is 11.8 Å². The molecule has 1 aromatic heterocycles. The van der Waals surface area contributed by atoms with Crippen molar-refractivity contribution in [2.45, 2.75) is 4.90 Å². The molecule has 0 N–H and O–H groups in total. The molecule has 0 aliphatic carbocycles. The van der Waals surface area contributed by atoms with Crippen molar-refractivity contribution in [1.82, 2.24) is 4.57 Å². The molecular formula is C16H13N3O3S2. The third kappa shape index (κ3) is 3.55. The van der Waals surface area contributed by atoms with E-state index in [-0.39, 0.29) is 17.3 Å². The number of carbonyl (C=O) groups excluding carboxylic acids is 1. The normalized spacial score (nSPS) is 11.8. The highest BCUT2D eigenvalue weighted by Gasteiger charge is 2.07. The number of rotatable bonds is 4. The smallest absolute Gasteiger partial charge is 0.269 e. The summed E-state index contributed by atoms with van der Waals surface area (Å²) < 4.78 is 2.98. The third-order valence-corrected chi connectivity index (χ3v) is 5.45. The fourth-order valence-corrected chi connectivity index (χ4v) is 3.86. The van der Waals surface area contributed by atoms with E-state index in [4.69, 9.17) is 0 Å². The lowest BCUT2D eigenvalue weighted by molar-refractivity contribution is -0.384. The van der Waals surface area contributed by atoms with Crippen LogP contribution < -0.4 is 4.80 Å². The molecule has 0 atom stereocenters. The molecule has 0 spiro atoms. The average Bonchev–Trinajstić information content (AvgIpc) is 2.89. The second-order valence-electron chi connectivity index (χ2n) is 4.96. The third-order valence-electron chi connectivity index (χ3n) is 3.34. The van der Waals surface area contributed by atoms with Crippen LogP contribution in [0.1, 0.15) is 0 Å². The molecule has 0 saturated heterocycles. The van der Waals surface area contributed by atoms with Gasteiger partial charge in [0.15, 0.2) is 4.80 Å². The number of nitro groups is 1. The minimum Gasteiger partial charge on any atom is -0.319 e. The molecule has 122 valence electrons. The van der Waals surface area contributed by atoms with Crippen LogP contribution in [-0.4, -0.2) is 21.2 Å². The summed E-state index contributed by atoms with van der Waals surface area (Å²) in [7, 11) is 1.88. The molecule has 3 rings (SSSR count). The van der Waals surface area contributed by atoms with Crippen molar-refractivity contribution in [2.75, 3.05) is 5.75 Å². The molecule has 0 aliphatic rings. The van der Waals surface area contributed by atoms with E-state index in [9.17, 15) is 14.9 Å². The highest BCUT2D eigenvalue weighted by atomic mass is 32.2. The average molecular weight is 359 g/mol. The van der Waals surface area contributed by atoms with Gasteiger partial charge in [0.05, 0.1) is 20.9 Å². The van der Waals surface area contributed by atoms with Crippen LogP contribution in [0, 0.1) is 10.1 Å². The monoisotopic (exact) mass is 359 g/mol. The molecule has 0 saturated carbocycles. The van der Waals surface area contributed by atoms with E-state index < -0.39 is 4.92 Å².